The fourth-order valence-electron chi connectivity index (χ4n) is 2.46. The maximum absolute atomic E-state index is 12.5. The lowest BCUT2D eigenvalue weighted by atomic mass is 10.2. The van der Waals surface area contributed by atoms with Gasteiger partial charge in [0.2, 0.25) is 0 Å². The summed E-state index contributed by atoms with van der Waals surface area (Å²) in [6, 6.07) is 14.9. The Labute approximate surface area is 135 Å². The van der Waals surface area contributed by atoms with E-state index >= 15 is 0 Å². The van der Waals surface area contributed by atoms with E-state index in [0.717, 1.165) is 16.5 Å². The van der Waals surface area contributed by atoms with Crippen molar-refractivity contribution in [1.29, 1.82) is 0 Å². The van der Waals surface area contributed by atoms with Gasteiger partial charge in [-0.15, -0.1) is 0 Å². The molecular weight excluding hydrogens is 312 g/mol. The zero-order valence-electron chi connectivity index (χ0n) is 11.9. The third-order valence-corrected chi connectivity index (χ3v) is 3.85. The van der Waals surface area contributed by atoms with Crippen molar-refractivity contribution in [3.05, 3.63) is 75.8 Å². The van der Waals surface area contributed by atoms with Crippen LogP contribution in [0.3, 0.4) is 0 Å². The van der Waals surface area contributed by atoms with Gasteiger partial charge in [0.05, 0.1) is 6.21 Å². The van der Waals surface area contributed by atoms with Crippen molar-refractivity contribution in [2.75, 3.05) is 0 Å². The number of aromatic nitrogens is 3. The van der Waals surface area contributed by atoms with Gasteiger partial charge in [0.25, 0.3) is 5.56 Å². The van der Waals surface area contributed by atoms with E-state index in [1.807, 2.05) is 36.4 Å². The number of fused-ring (bicyclic) bond motifs is 3. The predicted molar refractivity (Wildman–Crippen MR) is 92.3 cm³/mol. The van der Waals surface area contributed by atoms with Gasteiger partial charge in [-0.1, -0.05) is 41.9 Å². The Morgan fingerprint density at radius 2 is 1.91 bits per heavy atom. The lowest BCUT2D eigenvalue weighted by Crippen LogP contribution is -2.17. The van der Waals surface area contributed by atoms with Crippen molar-refractivity contribution in [3.63, 3.8) is 0 Å². The molecule has 0 radical (unpaired) electrons. The van der Waals surface area contributed by atoms with Gasteiger partial charge in [0.1, 0.15) is 17.4 Å². The molecule has 0 unspecified atom stereocenters. The zero-order chi connectivity index (χ0) is 15.8. The summed E-state index contributed by atoms with van der Waals surface area (Å²) < 4.78 is 1.21. The Balaban J connectivity index is 1.82. The first-order valence-corrected chi connectivity index (χ1v) is 7.38. The maximum Gasteiger partial charge on any atom is 0.298 e. The van der Waals surface area contributed by atoms with Crippen molar-refractivity contribution in [2.24, 2.45) is 5.10 Å². The van der Waals surface area contributed by atoms with Crippen LogP contribution in [0.15, 0.2) is 64.8 Å². The van der Waals surface area contributed by atoms with E-state index in [4.69, 9.17) is 11.6 Å². The Morgan fingerprint density at radius 3 is 2.74 bits per heavy atom. The minimum absolute atomic E-state index is 0.239. The smallest absolute Gasteiger partial charge is 0.298 e. The Morgan fingerprint density at radius 1 is 1.13 bits per heavy atom. The Hall–Kier alpha value is -2.92. The van der Waals surface area contributed by atoms with E-state index in [2.05, 4.69) is 15.1 Å². The molecule has 0 amide bonds. The highest BCUT2D eigenvalue weighted by Crippen LogP contribution is 2.20. The molecule has 2 heterocycles. The van der Waals surface area contributed by atoms with Crippen LogP contribution in [0, 0.1) is 0 Å². The average Bonchev–Trinajstić information content (AvgIpc) is 2.95. The van der Waals surface area contributed by atoms with Crippen molar-refractivity contribution < 1.29 is 0 Å². The molecule has 4 aromatic rings. The second kappa shape index (κ2) is 5.37. The van der Waals surface area contributed by atoms with Gasteiger partial charge in [-0.2, -0.15) is 9.78 Å². The number of benzene rings is 2. The molecule has 0 aliphatic carbocycles. The van der Waals surface area contributed by atoms with Crippen LogP contribution in [-0.4, -0.2) is 20.9 Å². The maximum atomic E-state index is 12.5. The highest BCUT2D eigenvalue weighted by molar-refractivity contribution is 6.30. The average molecular weight is 323 g/mol. The van der Waals surface area contributed by atoms with Crippen LogP contribution in [0.1, 0.15) is 5.56 Å². The van der Waals surface area contributed by atoms with Gasteiger partial charge < -0.3 is 4.98 Å². The quantitative estimate of drug-likeness (QED) is 0.575. The van der Waals surface area contributed by atoms with Gasteiger partial charge >= 0.3 is 0 Å². The fourth-order valence-corrected chi connectivity index (χ4v) is 2.58. The molecule has 2 aromatic carbocycles. The topological polar surface area (TPSA) is 63.0 Å². The highest BCUT2D eigenvalue weighted by Gasteiger charge is 2.09. The van der Waals surface area contributed by atoms with E-state index < -0.39 is 0 Å². The zero-order valence-corrected chi connectivity index (χ0v) is 12.7. The van der Waals surface area contributed by atoms with Gasteiger partial charge in [0.15, 0.2) is 0 Å². The summed E-state index contributed by atoms with van der Waals surface area (Å²) in [5.74, 6) is 0. The van der Waals surface area contributed by atoms with Crippen LogP contribution >= 0.6 is 11.6 Å². The van der Waals surface area contributed by atoms with Crippen molar-refractivity contribution in [2.45, 2.75) is 0 Å². The third kappa shape index (κ3) is 2.41. The molecule has 0 aliphatic heterocycles. The van der Waals surface area contributed by atoms with Crippen LogP contribution in [0.4, 0.5) is 0 Å². The Bertz CT molecular complexity index is 1090. The molecule has 6 heteroatoms. The molecule has 5 nitrogen and oxygen atoms in total. The summed E-state index contributed by atoms with van der Waals surface area (Å²) in [7, 11) is 0. The normalized spacial score (nSPS) is 11.7. The van der Waals surface area contributed by atoms with Gasteiger partial charge in [-0.3, -0.25) is 4.79 Å². The molecule has 0 bridgehead atoms. The standard InChI is InChI=1S/C17H11ClN4O/c18-12-7-5-11(6-8-12)9-20-22-10-19-15-13-3-1-2-4-14(13)21-16(15)17(22)23/h1-10,21H. The molecule has 0 saturated heterocycles. The van der Waals surface area contributed by atoms with Crippen LogP contribution < -0.4 is 5.56 Å². The molecule has 0 atom stereocenters. The van der Waals surface area contributed by atoms with Crippen molar-refractivity contribution in [1.82, 2.24) is 14.6 Å². The lowest BCUT2D eigenvalue weighted by molar-refractivity contribution is 0.815. The number of H-pyrrole nitrogens is 1. The predicted octanol–water partition coefficient (Wildman–Crippen LogP) is 3.41. The second-order valence-electron chi connectivity index (χ2n) is 5.08. The summed E-state index contributed by atoms with van der Waals surface area (Å²) in [6.45, 7) is 0. The third-order valence-electron chi connectivity index (χ3n) is 3.60. The molecular formula is C17H11ClN4O. The number of rotatable bonds is 2. The number of halogens is 1. The van der Waals surface area contributed by atoms with Crippen LogP contribution in [0.25, 0.3) is 21.9 Å². The molecule has 0 aliphatic rings. The summed E-state index contributed by atoms with van der Waals surface area (Å²) in [4.78, 5) is 20.0. The number of para-hydroxylation sites is 1. The van der Waals surface area contributed by atoms with Gasteiger partial charge in [-0.05, 0) is 23.8 Å². The number of aromatic amines is 1. The van der Waals surface area contributed by atoms with Gasteiger partial charge in [0, 0.05) is 15.9 Å². The fraction of sp³-hybridized carbons (Fsp3) is 0. The summed E-state index contributed by atoms with van der Waals surface area (Å²) in [5, 5.41) is 5.76. The van der Waals surface area contributed by atoms with Crippen molar-refractivity contribution >= 4 is 39.8 Å². The molecule has 1 N–H and O–H groups in total. The molecule has 23 heavy (non-hydrogen) atoms. The minimum atomic E-state index is -0.239. The van der Waals surface area contributed by atoms with E-state index in [1.54, 1.807) is 18.3 Å². The van der Waals surface area contributed by atoms with Crippen LogP contribution in [0.5, 0.6) is 0 Å². The van der Waals surface area contributed by atoms with Crippen LogP contribution in [-0.2, 0) is 0 Å². The monoisotopic (exact) mass is 322 g/mol. The molecule has 112 valence electrons. The summed E-state index contributed by atoms with van der Waals surface area (Å²) in [6.07, 6.45) is 3.02. The highest BCUT2D eigenvalue weighted by atomic mass is 35.5. The molecule has 4 rings (SSSR count). The summed E-state index contributed by atoms with van der Waals surface area (Å²) in [5.41, 5.74) is 2.59. The minimum Gasteiger partial charge on any atom is -0.349 e. The molecule has 0 spiro atoms. The summed E-state index contributed by atoms with van der Waals surface area (Å²) >= 11 is 5.84. The Kier molecular flexibility index (Phi) is 3.20. The number of hydrogen-bond acceptors (Lipinski definition) is 3. The molecule has 0 saturated carbocycles. The number of hydrogen-bond donors (Lipinski definition) is 1. The van der Waals surface area contributed by atoms with Crippen LogP contribution in [0.2, 0.25) is 5.02 Å². The first-order valence-electron chi connectivity index (χ1n) is 7.00. The van der Waals surface area contributed by atoms with E-state index in [1.165, 1.54) is 11.0 Å². The van der Waals surface area contributed by atoms with Crippen molar-refractivity contribution in [3.8, 4) is 0 Å². The largest absolute Gasteiger partial charge is 0.349 e. The number of nitrogens with zero attached hydrogens (tertiary/aromatic N) is 3. The lowest BCUT2D eigenvalue weighted by Gasteiger charge is -1.98. The first-order chi connectivity index (χ1) is 11.2. The number of nitrogens with one attached hydrogen (secondary N) is 1. The van der Waals surface area contributed by atoms with E-state index in [-0.39, 0.29) is 5.56 Å². The molecule has 0 fully saturated rings. The molecule has 2 aromatic heterocycles. The van der Waals surface area contributed by atoms with E-state index in [0.29, 0.717) is 16.1 Å². The first kappa shape index (κ1) is 13.7. The SMILES string of the molecule is O=c1c2[nH]c3ccccc3c2ncn1N=Cc1ccc(Cl)cc1. The van der Waals surface area contributed by atoms with E-state index in [9.17, 15) is 4.79 Å². The second-order valence-corrected chi connectivity index (χ2v) is 5.52. The van der Waals surface area contributed by atoms with Gasteiger partial charge in [-0.25, -0.2) is 4.98 Å².